The van der Waals surface area contributed by atoms with Crippen molar-refractivity contribution in [2.24, 2.45) is 0 Å². The van der Waals surface area contributed by atoms with Crippen molar-refractivity contribution >= 4 is 23.2 Å². The van der Waals surface area contributed by atoms with Crippen LogP contribution in [0.2, 0.25) is 5.02 Å². The van der Waals surface area contributed by atoms with Crippen molar-refractivity contribution in [1.82, 2.24) is 5.32 Å². The second-order valence-electron chi connectivity index (χ2n) is 3.62. The zero-order valence-electron chi connectivity index (χ0n) is 9.40. The summed E-state index contributed by atoms with van der Waals surface area (Å²) in [4.78, 5) is 21.4. The minimum Gasteiger partial charge on any atom is -0.390 e. The fourth-order valence-electron chi connectivity index (χ4n) is 1.21. The first kappa shape index (κ1) is 15.3. The van der Waals surface area contributed by atoms with Gasteiger partial charge in [-0.2, -0.15) is 0 Å². The van der Waals surface area contributed by atoms with Crippen molar-refractivity contribution in [3.05, 3.63) is 38.9 Å². The largest absolute Gasteiger partial charge is 0.390 e. The summed E-state index contributed by atoms with van der Waals surface area (Å²) in [5.41, 5.74) is -0.972. The Morgan fingerprint density at radius 2 is 2.16 bits per heavy atom. The Hall–Kier alpha value is -1.80. The summed E-state index contributed by atoms with van der Waals surface area (Å²) >= 11 is 5.55. The molecule has 0 aliphatic heterocycles. The summed E-state index contributed by atoms with van der Waals surface area (Å²) in [5.74, 6) is -4.53. The van der Waals surface area contributed by atoms with Crippen molar-refractivity contribution in [2.45, 2.75) is 5.92 Å². The van der Waals surface area contributed by atoms with Crippen LogP contribution in [0.25, 0.3) is 0 Å². The predicted molar refractivity (Wildman–Crippen MR) is 62.5 cm³/mol. The average molecular weight is 295 g/mol. The van der Waals surface area contributed by atoms with E-state index in [1.54, 1.807) is 0 Å². The van der Waals surface area contributed by atoms with Gasteiger partial charge in [-0.3, -0.25) is 14.9 Å². The lowest BCUT2D eigenvalue weighted by atomic mass is 10.1. The normalized spacial score (nSPS) is 11.2. The molecule has 0 saturated carbocycles. The average Bonchev–Trinajstić information content (AvgIpc) is 2.36. The Balaban J connectivity index is 2.91. The second-order valence-corrected chi connectivity index (χ2v) is 4.05. The Bertz CT molecular complexity index is 510. The molecular weight excluding hydrogens is 286 g/mol. The molecule has 1 aromatic rings. The molecule has 0 saturated heterocycles. The van der Waals surface area contributed by atoms with Crippen LogP contribution in [-0.2, 0) is 0 Å². The van der Waals surface area contributed by atoms with Crippen LogP contribution in [0.1, 0.15) is 10.4 Å². The first-order chi connectivity index (χ1) is 8.76. The van der Waals surface area contributed by atoms with Gasteiger partial charge < -0.3 is 10.4 Å². The molecule has 1 amide bonds. The quantitative estimate of drug-likeness (QED) is 0.637. The number of hydrogen-bond acceptors (Lipinski definition) is 4. The van der Waals surface area contributed by atoms with Crippen molar-refractivity contribution in [3.8, 4) is 0 Å². The smallest absolute Gasteiger partial charge is 0.287 e. The van der Waals surface area contributed by atoms with Crippen LogP contribution in [0.4, 0.5) is 14.5 Å². The highest BCUT2D eigenvalue weighted by Gasteiger charge is 2.29. The first-order valence-corrected chi connectivity index (χ1v) is 5.35. The van der Waals surface area contributed by atoms with E-state index in [1.807, 2.05) is 5.32 Å². The van der Waals surface area contributed by atoms with Gasteiger partial charge in [0.2, 0.25) is 0 Å². The molecule has 0 heterocycles. The lowest BCUT2D eigenvalue weighted by Crippen LogP contribution is -2.39. The molecule has 9 heteroatoms. The standard InChI is InChI=1S/C10H9ClF2N2O4/c11-6-1-2-7(8(3-6)15(18)19)9(17)14-4-10(12,13)5-16/h1-3,16H,4-5H2,(H,14,17). The topological polar surface area (TPSA) is 92.5 Å². The lowest BCUT2D eigenvalue weighted by Gasteiger charge is -2.13. The van der Waals surface area contributed by atoms with Gasteiger partial charge >= 0.3 is 0 Å². The second kappa shape index (κ2) is 5.89. The Morgan fingerprint density at radius 3 is 2.68 bits per heavy atom. The van der Waals surface area contributed by atoms with Gasteiger partial charge in [-0.05, 0) is 12.1 Å². The highest BCUT2D eigenvalue weighted by atomic mass is 35.5. The Morgan fingerprint density at radius 1 is 1.53 bits per heavy atom. The molecule has 1 aromatic carbocycles. The fourth-order valence-corrected chi connectivity index (χ4v) is 1.37. The molecule has 6 nitrogen and oxygen atoms in total. The molecule has 0 bridgehead atoms. The van der Waals surface area contributed by atoms with Crippen LogP contribution in [0.15, 0.2) is 18.2 Å². The van der Waals surface area contributed by atoms with Gasteiger partial charge in [-0.25, -0.2) is 8.78 Å². The molecule has 0 unspecified atom stereocenters. The van der Waals surface area contributed by atoms with Gasteiger partial charge in [0.25, 0.3) is 17.5 Å². The zero-order chi connectivity index (χ0) is 14.6. The molecule has 0 atom stereocenters. The van der Waals surface area contributed by atoms with Crippen LogP contribution < -0.4 is 5.32 Å². The predicted octanol–water partition coefficient (Wildman–Crippen LogP) is 1.61. The Labute approximate surface area is 111 Å². The first-order valence-electron chi connectivity index (χ1n) is 4.97. The van der Waals surface area contributed by atoms with Crippen molar-refractivity contribution in [2.75, 3.05) is 13.2 Å². The van der Waals surface area contributed by atoms with Crippen LogP contribution >= 0.6 is 11.6 Å². The number of carbonyl (C=O) groups excluding carboxylic acids is 1. The van der Waals surface area contributed by atoms with E-state index in [4.69, 9.17) is 16.7 Å². The van der Waals surface area contributed by atoms with Gasteiger partial charge in [0.1, 0.15) is 12.2 Å². The van der Waals surface area contributed by atoms with Gasteiger partial charge in [-0.1, -0.05) is 11.6 Å². The third-order valence-electron chi connectivity index (χ3n) is 2.14. The number of nitro groups is 1. The molecule has 1 rings (SSSR count). The summed E-state index contributed by atoms with van der Waals surface area (Å²) in [5, 5.41) is 20.9. The third kappa shape index (κ3) is 4.11. The zero-order valence-corrected chi connectivity index (χ0v) is 10.2. The van der Waals surface area contributed by atoms with E-state index in [0.29, 0.717) is 0 Å². The van der Waals surface area contributed by atoms with E-state index in [-0.39, 0.29) is 10.6 Å². The minimum atomic E-state index is -3.49. The number of aliphatic hydroxyl groups excluding tert-OH is 1. The molecule has 0 aliphatic rings. The van der Waals surface area contributed by atoms with Gasteiger partial charge in [0, 0.05) is 11.1 Å². The summed E-state index contributed by atoms with van der Waals surface area (Å²) in [6, 6.07) is 3.24. The fraction of sp³-hybridized carbons (Fsp3) is 0.300. The molecule has 0 aromatic heterocycles. The maximum absolute atomic E-state index is 12.7. The van der Waals surface area contributed by atoms with Gasteiger partial charge in [-0.15, -0.1) is 0 Å². The lowest BCUT2D eigenvalue weighted by molar-refractivity contribution is -0.385. The van der Waals surface area contributed by atoms with Crippen molar-refractivity contribution in [3.63, 3.8) is 0 Å². The number of rotatable bonds is 5. The number of benzene rings is 1. The van der Waals surface area contributed by atoms with Crippen molar-refractivity contribution < 1.29 is 23.6 Å². The number of carbonyl (C=O) groups is 1. The maximum Gasteiger partial charge on any atom is 0.287 e. The molecule has 2 N–H and O–H groups in total. The third-order valence-corrected chi connectivity index (χ3v) is 2.38. The molecule has 0 aliphatic carbocycles. The molecule has 104 valence electrons. The SMILES string of the molecule is O=C(NCC(F)(F)CO)c1ccc(Cl)cc1[N+](=O)[O-]. The van der Waals surface area contributed by atoms with Crippen molar-refractivity contribution in [1.29, 1.82) is 0 Å². The molecule has 19 heavy (non-hydrogen) atoms. The number of hydrogen-bond donors (Lipinski definition) is 2. The van der Waals surface area contributed by atoms with Crippen LogP contribution in [0.3, 0.4) is 0 Å². The summed E-state index contributed by atoms with van der Waals surface area (Å²) in [7, 11) is 0. The molecule has 0 radical (unpaired) electrons. The summed E-state index contributed by atoms with van der Waals surface area (Å²) in [6.07, 6.45) is 0. The molecule has 0 spiro atoms. The maximum atomic E-state index is 12.7. The van der Waals surface area contributed by atoms with Gasteiger partial charge in [0.15, 0.2) is 0 Å². The van der Waals surface area contributed by atoms with E-state index >= 15 is 0 Å². The number of nitro benzene ring substituents is 1. The van der Waals surface area contributed by atoms with E-state index in [0.717, 1.165) is 12.1 Å². The highest BCUT2D eigenvalue weighted by Crippen LogP contribution is 2.23. The highest BCUT2D eigenvalue weighted by molar-refractivity contribution is 6.31. The van der Waals surface area contributed by atoms with Crippen LogP contribution in [0.5, 0.6) is 0 Å². The van der Waals surface area contributed by atoms with Crippen LogP contribution in [-0.4, -0.2) is 35.0 Å². The molecule has 0 fully saturated rings. The Kier molecular flexibility index (Phi) is 4.73. The monoisotopic (exact) mass is 294 g/mol. The van der Waals surface area contributed by atoms with E-state index in [1.165, 1.54) is 6.07 Å². The van der Waals surface area contributed by atoms with Gasteiger partial charge in [0.05, 0.1) is 11.5 Å². The number of halogens is 3. The summed E-state index contributed by atoms with van der Waals surface area (Å²) in [6.45, 7) is -2.56. The minimum absolute atomic E-state index is 0.0453. The number of nitrogens with one attached hydrogen (secondary N) is 1. The number of alkyl halides is 2. The summed E-state index contributed by atoms with van der Waals surface area (Å²) < 4.78 is 25.5. The number of aliphatic hydroxyl groups is 1. The van der Waals surface area contributed by atoms with E-state index < -0.39 is 35.6 Å². The van der Waals surface area contributed by atoms with E-state index in [2.05, 4.69) is 0 Å². The number of nitrogens with zero attached hydrogens (tertiary/aromatic N) is 1. The van der Waals surface area contributed by atoms with Crippen LogP contribution in [0, 0.1) is 10.1 Å². The molecular formula is C10H9ClF2N2O4. The number of amides is 1. The van der Waals surface area contributed by atoms with E-state index in [9.17, 15) is 23.7 Å².